The Labute approximate surface area is 168 Å². The standard InChI is InChI=1S/C23H25BrF2O/c24-11-4-2-1-3-7-23-21(17-12-18(25)15-19(26)13-17)8-5-6-16-14-20(27)9-10-22(16)23/h9-10,12-15,27H,1-8,11H2. The van der Waals surface area contributed by atoms with Gasteiger partial charge in [0.15, 0.2) is 0 Å². The fraction of sp³-hybridized carbons (Fsp3) is 0.391. The van der Waals surface area contributed by atoms with E-state index in [9.17, 15) is 13.9 Å². The maximum absolute atomic E-state index is 13.9. The lowest BCUT2D eigenvalue weighted by molar-refractivity contribution is 0.474. The first kappa shape index (κ1) is 20.1. The average Bonchev–Trinajstić information content (AvgIpc) is 2.80. The number of hydrogen-bond donors (Lipinski definition) is 1. The zero-order chi connectivity index (χ0) is 19.2. The maximum Gasteiger partial charge on any atom is 0.126 e. The molecular weight excluding hydrogens is 410 g/mol. The summed E-state index contributed by atoms with van der Waals surface area (Å²) < 4.78 is 27.7. The Kier molecular flexibility index (Phi) is 7.06. The number of rotatable bonds is 7. The van der Waals surface area contributed by atoms with Gasteiger partial charge in [0.25, 0.3) is 0 Å². The van der Waals surface area contributed by atoms with Gasteiger partial charge in [0.1, 0.15) is 17.4 Å². The lowest BCUT2D eigenvalue weighted by atomic mass is 9.89. The molecule has 1 nitrogen and oxygen atoms in total. The third kappa shape index (κ3) is 5.19. The van der Waals surface area contributed by atoms with E-state index in [-0.39, 0.29) is 5.75 Å². The Morgan fingerprint density at radius 2 is 1.63 bits per heavy atom. The van der Waals surface area contributed by atoms with Crippen LogP contribution in [0.1, 0.15) is 61.6 Å². The first-order valence-corrected chi connectivity index (χ1v) is 10.8. The van der Waals surface area contributed by atoms with Gasteiger partial charge >= 0.3 is 0 Å². The molecular formula is C23H25BrF2O. The summed E-state index contributed by atoms with van der Waals surface area (Å²) in [5.41, 5.74) is 5.09. The summed E-state index contributed by atoms with van der Waals surface area (Å²) in [6.45, 7) is 0. The number of allylic oxidation sites excluding steroid dienone is 2. The quantitative estimate of drug-likeness (QED) is 0.358. The van der Waals surface area contributed by atoms with Crippen molar-refractivity contribution in [3.63, 3.8) is 0 Å². The smallest absolute Gasteiger partial charge is 0.126 e. The zero-order valence-electron chi connectivity index (χ0n) is 15.4. The summed E-state index contributed by atoms with van der Waals surface area (Å²) in [7, 11) is 0. The molecule has 0 spiro atoms. The number of alkyl halides is 1. The molecule has 2 aromatic carbocycles. The highest BCUT2D eigenvalue weighted by Gasteiger charge is 2.19. The van der Waals surface area contributed by atoms with E-state index in [2.05, 4.69) is 15.9 Å². The van der Waals surface area contributed by atoms with Gasteiger partial charge in [-0.3, -0.25) is 0 Å². The van der Waals surface area contributed by atoms with Crippen molar-refractivity contribution < 1.29 is 13.9 Å². The minimum absolute atomic E-state index is 0.269. The predicted molar refractivity (Wildman–Crippen MR) is 111 cm³/mol. The molecule has 0 aliphatic heterocycles. The SMILES string of the molecule is Oc1ccc2c(c1)CCCC(c1cc(F)cc(F)c1)=C2CCCCCCBr. The van der Waals surface area contributed by atoms with Crippen molar-refractivity contribution in [2.45, 2.75) is 51.4 Å². The van der Waals surface area contributed by atoms with Crippen LogP contribution in [0.3, 0.4) is 0 Å². The number of fused-ring (bicyclic) bond motifs is 1. The molecule has 0 bridgehead atoms. The highest BCUT2D eigenvalue weighted by Crippen LogP contribution is 2.40. The number of unbranched alkanes of at least 4 members (excludes halogenated alkanes) is 3. The van der Waals surface area contributed by atoms with Crippen molar-refractivity contribution in [3.8, 4) is 5.75 Å². The number of phenols is 1. The van der Waals surface area contributed by atoms with Crippen LogP contribution in [0.5, 0.6) is 5.75 Å². The number of aromatic hydroxyl groups is 1. The summed E-state index contributed by atoms with van der Waals surface area (Å²) in [5, 5.41) is 10.9. The topological polar surface area (TPSA) is 20.2 Å². The van der Waals surface area contributed by atoms with E-state index < -0.39 is 11.6 Å². The van der Waals surface area contributed by atoms with Crippen molar-refractivity contribution in [1.29, 1.82) is 0 Å². The number of hydrogen-bond acceptors (Lipinski definition) is 1. The molecule has 0 aromatic heterocycles. The first-order chi connectivity index (χ1) is 13.1. The van der Waals surface area contributed by atoms with Crippen molar-refractivity contribution in [2.75, 3.05) is 5.33 Å². The largest absolute Gasteiger partial charge is 0.508 e. The van der Waals surface area contributed by atoms with Crippen molar-refractivity contribution >= 4 is 27.1 Å². The molecule has 144 valence electrons. The van der Waals surface area contributed by atoms with E-state index in [1.54, 1.807) is 6.07 Å². The fourth-order valence-corrected chi connectivity index (χ4v) is 4.33. The second-order valence-electron chi connectivity index (χ2n) is 7.16. The molecule has 3 rings (SSSR count). The summed E-state index contributed by atoms with van der Waals surface area (Å²) in [5.74, 6) is -0.806. The molecule has 0 fully saturated rings. The molecule has 0 saturated carbocycles. The van der Waals surface area contributed by atoms with E-state index >= 15 is 0 Å². The molecule has 0 heterocycles. The van der Waals surface area contributed by atoms with Crippen LogP contribution >= 0.6 is 15.9 Å². The van der Waals surface area contributed by atoms with E-state index in [4.69, 9.17) is 0 Å². The highest BCUT2D eigenvalue weighted by molar-refractivity contribution is 9.09. The fourth-order valence-electron chi connectivity index (χ4n) is 3.93. The van der Waals surface area contributed by atoms with Gasteiger partial charge in [-0.25, -0.2) is 8.78 Å². The van der Waals surface area contributed by atoms with Gasteiger partial charge in [-0.2, -0.15) is 0 Å². The molecule has 1 N–H and O–H groups in total. The molecule has 0 unspecified atom stereocenters. The second-order valence-corrected chi connectivity index (χ2v) is 7.96. The Hall–Kier alpha value is -1.68. The van der Waals surface area contributed by atoms with Crippen LogP contribution < -0.4 is 0 Å². The van der Waals surface area contributed by atoms with Crippen LogP contribution in [-0.4, -0.2) is 10.4 Å². The van der Waals surface area contributed by atoms with Gasteiger partial charge in [-0.05, 0) is 90.6 Å². The molecule has 4 heteroatoms. The third-order valence-electron chi connectivity index (χ3n) is 5.17. The monoisotopic (exact) mass is 434 g/mol. The molecule has 1 aliphatic carbocycles. The summed E-state index contributed by atoms with van der Waals surface area (Å²) in [6, 6.07) is 9.30. The number of phenolic OH excluding ortho intramolecular Hbond substituents is 1. The molecule has 2 aromatic rings. The minimum Gasteiger partial charge on any atom is -0.508 e. The third-order valence-corrected chi connectivity index (χ3v) is 5.73. The Morgan fingerprint density at radius 3 is 2.37 bits per heavy atom. The number of halogens is 3. The van der Waals surface area contributed by atoms with Gasteiger partial charge in [0.05, 0.1) is 0 Å². The molecule has 0 radical (unpaired) electrons. The van der Waals surface area contributed by atoms with E-state index in [1.807, 2.05) is 12.1 Å². The Bertz CT molecular complexity index is 809. The maximum atomic E-state index is 13.9. The molecule has 0 saturated heterocycles. The van der Waals surface area contributed by atoms with E-state index in [0.29, 0.717) is 5.56 Å². The Balaban J connectivity index is 2.01. The molecule has 0 amide bonds. The Morgan fingerprint density at radius 1 is 0.889 bits per heavy atom. The lowest BCUT2D eigenvalue weighted by Crippen LogP contribution is -1.96. The average molecular weight is 435 g/mol. The summed E-state index contributed by atoms with van der Waals surface area (Å²) in [6.07, 6.45) is 7.94. The van der Waals surface area contributed by atoms with Crippen LogP contribution in [0.4, 0.5) is 8.78 Å². The zero-order valence-corrected chi connectivity index (χ0v) is 17.0. The number of benzene rings is 2. The summed E-state index contributed by atoms with van der Waals surface area (Å²) in [4.78, 5) is 0. The molecule has 27 heavy (non-hydrogen) atoms. The first-order valence-electron chi connectivity index (χ1n) is 9.65. The van der Waals surface area contributed by atoms with Crippen LogP contribution in [0.25, 0.3) is 11.1 Å². The lowest BCUT2D eigenvalue weighted by Gasteiger charge is -2.16. The van der Waals surface area contributed by atoms with E-state index in [1.165, 1.54) is 24.1 Å². The highest BCUT2D eigenvalue weighted by atomic mass is 79.9. The van der Waals surface area contributed by atoms with Crippen molar-refractivity contribution in [3.05, 3.63) is 64.7 Å². The van der Waals surface area contributed by atoms with Gasteiger partial charge in [-0.15, -0.1) is 0 Å². The predicted octanol–water partition coefficient (Wildman–Crippen LogP) is 7.26. The normalized spacial score (nSPS) is 14.2. The van der Waals surface area contributed by atoms with Crippen LogP contribution in [0.2, 0.25) is 0 Å². The van der Waals surface area contributed by atoms with Crippen LogP contribution in [-0.2, 0) is 6.42 Å². The number of aryl methyl sites for hydroxylation is 1. The minimum atomic E-state index is -0.538. The van der Waals surface area contributed by atoms with E-state index in [0.717, 1.165) is 73.0 Å². The van der Waals surface area contributed by atoms with Crippen LogP contribution in [0, 0.1) is 11.6 Å². The van der Waals surface area contributed by atoms with Gasteiger partial charge in [0, 0.05) is 11.4 Å². The van der Waals surface area contributed by atoms with Gasteiger partial charge in [-0.1, -0.05) is 34.8 Å². The van der Waals surface area contributed by atoms with Gasteiger partial charge < -0.3 is 5.11 Å². The van der Waals surface area contributed by atoms with Crippen molar-refractivity contribution in [1.82, 2.24) is 0 Å². The van der Waals surface area contributed by atoms with Crippen LogP contribution in [0.15, 0.2) is 36.4 Å². The van der Waals surface area contributed by atoms with Gasteiger partial charge in [0.2, 0.25) is 0 Å². The summed E-state index contributed by atoms with van der Waals surface area (Å²) >= 11 is 3.47. The van der Waals surface area contributed by atoms with Crippen molar-refractivity contribution in [2.24, 2.45) is 0 Å². The molecule has 1 aliphatic rings. The second kappa shape index (κ2) is 9.50. The molecule has 0 atom stereocenters.